The third kappa shape index (κ3) is 2.18. The SMILES string of the molecule is Clc1ccccc1Oc1[c]c2ccccc2cc1. The minimum absolute atomic E-state index is 0.596. The van der Waals surface area contributed by atoms with Crippen LogP contribution in [0.1, 0.15) is 0 Å². The smallest absolute Gasteiger partial charge is 0.146 e. The number of rotatable bonds is 2. The highest BCUT2D eigenvalue weighted by Crippen LogP contribution is 2.30. The predicted molar refractivity (Wildman–Crippen MR) is 74.3 cm³/mol. The van der Waals surface area contributed by atoms with Crippen LogP contribution in [0.5, 0.6) is 11.5 Å². The summed E-state index contributed by atoms with van der Waals surface area (Å²) in [6.45, 7) is 0. The highest BCUT2D eigenvalue weighted by atomic mass is 35.5. The first kappa shape index (κ1) is 11.1. The molecular formula is C16H10ClO. The minimum Gasteiger partial charge on any atom is -0.455 e. The van der Waals surface area contributed by atoms with Crippen molar-refractivity contribution in [1.82, 2.24) is 0 Å². The van der Waals surface area contributed by atoms with E-state index in [1.54, 1.807) is 6.07 Å². The van der Waals surface area contributed by atoms with E-state index in [9.17, 15) is 0 Å². The molecule has 3 aromatic rings. The molecule has 3 aromatic carbocycles. The van der Waals surface area contributed by atoms with Crippen molar-refractivity contribution in [3.05, 3.63) is 71.8 Å². The molecule has 0 aliphatic rings. The third-order valence-corrected chi connectivity index (χ3v) is 3.00. The van der Waals surface area contributed by atoms with E-state index >= 15 is 0 Å². The Bertz CT molecular complexity index is 691. The van der Waals surface area contributed by atoms with Crippen molar-refractivity contribution in [3.63, 3.8) is 0 Å². The Hall–Kier alpha value is -1.99. The summed E-state index contributed by atoms with van der Waals surface area (Å²) >= 11 is 6.05. The Kier molecular flexibility index (Phi) is 2.91. The van der Waals surface area contributed by atoms with Crippen LogP contribution in [0.3, 0.4) is 0 Å². The molecule has 0 N–H and O–H groups in total. The number of benzene rings is 3. The van der Waals surface area contributed by atoms with Crippen LogP contribution in [-0.4, -0.2) is 0 Å². The zero-order valence-electron chi connectivity index (χ0n) is 9.56. The molecule has 0 fully saturated rings. The molecule has 2 heteroatoms. The van der Waals surface area contributed by atoms with Gasteiger partial charge in [-0.05, 0) is 29.0 Å². The standard InChI is InChI=1S/C16H10ClO/c17-15-7-3-4-8-16(15)18-14-10-9-12-5-1-2-6-13(12)11-14/h1-10H. The number of halogens is 1. The quantitative estimate of drug-likeness (QED) is 0.618. The molecule has 0 atom stereocenters. The molecule has 3 rings (SSSR count). The number of para-hydroxylation sites is 1. The summed E-state index contributed by atoms with van der Waals surface area (Å²) in [7, 11) is 0. The Balaban J connectivity index is 1.98. The molecule has 0 spiro atoms. The predicted octanol–water partition coefficient (Wildman–Crippen LogP) is 5.09. The summed E-state index contributed by atoms with van der Waals surface area (Å²) in [4.78, 5) is 0. The van der Waals surface area contributed by atoms with Gasteiger partial charge in [0.15, 0.2) is 0 Å². The molecule has 1 radical (unpaired) electrons. The molecule has 1 nitrogen and oxygen atoms in total. The maximum atomic E-state index is 6.05. The van der Waals surface area contributed by atoms with Gasteiger partial charge in [-0.3, -0.25) is 0 Å². The molecule has 0 heterocycles. The molecule has 0 aliphatic carbocycles. The first-order chi connectivity index (χ1) is 8.83. The van der Waals surface area contributed by atoms with Gasteiger partial charge in [0.05, 0.1) is 5.02 Å². The van der Waals surface area contributed by atoms with E-state index in [2.05, 4.69) is 6.07 Å². The molecule has 0 bridgehead atoms. The molecule has 0 aromatic heterocycles. The van der Waals surface area contributed by atoms with Gasteiger partial charge in [-0.25, -0.2) is 0 Å². The summed E-state index contributed by atoms with van der Waals surface area (Å²) in [5.41, 5.74) is 0. The van der Waals surface area contributed by atoms with Crippen LogP contribution in [0, 0.1) is 6.07 Å². The lowest BCUT2D eigenvalue weighted by Gasteiger charge is -2.07. The highest BCUT2D eigenvalue weighted by molar-refractivity contribution is 6.32. The lowest BCUT2D eigenvalue weighted by Crippen LogP contribution is -1.85. The Morgan fingerprint density at radius 2 is 1.61 bits per heavy atom. The lowest BCUT2D eigenvalue weighted by atomic mass is 10.1. The van der Waals surface area contributed by atoms with Crippen LogP contribution in [0.15, 0.2) is 60.7 Å². The summed E-state index contributed by atoms with van der Waals surface area (Å²) in [5, 5.41) is 2.77. The fourth-order valence-corrected chi connectivity index (χ4v) is 1.98. The Labute approximate surface area is 111 Å². The summed E-state index contributed by atoms with van der Waals surface area (Å²) < 4.78 is 5.73. The average molecular weight is 254 g/mol. The van der Waals surface area contributed by atoms with E-state index in [1.807, 2.05) is 54.6 Å². The monoisotopic (exact) mass is 253 g/mol. The van der Waals surface area contributed by atoms with Crippen molar-refractivity contribution < 1.29 is 4.74 Å². The first-order valence-electron chi connectivity index (χ1n) is 5.66. The van der Waals surface area contributed by atoms with Gasteiger partial charge in [0.1, 0.15) is 11.5 Å². The largest absolute Gasteiger partial charge is 0.455 e. The summed E-state index contributed by atoms with van der Waals surface area (Å²) in [6.07, 6.45) is 0. The van der Waals surface area contributed by atoms with Crippen molar-refractivity contribution in [1.29, 1.82) is 0 Å². The van der Waals surface area contributed by atoms with Gasteiger partial charge in [-0.15, -0.1) is 0 Å². The van der Waals surface area contributed by atoms with Gasteiger partial charge in [-0.1, -0.05) is 54.1 Å². The number of ether oxygens (including phenoxy) is 1. The zero-order chi connectivity index (χ0) is 12.4. The molecule has 0 saturated heterocycles. The highest BCUT2D eigenvalue weighted by Gasteiger charge is 2.03. The van der Waals surface area contributed by atoms with Crippen LogP contribution in [0.2, 0.25) is 5.02 Å². The second kappa shape index (κ2) is 4.71. The van der Waals surface area contributed by atoms with Gasteiger partial charge in [-0.2, -0.15) is 0 Å². The summed E-state index contributed by atoms with van der Waals surface area (Å²) in [6, 6.07) is 22.6. The number of hydrogen-bond acceptors (Lipinski definition) is 1. The number of fused-ring (bicyclic) bond motifs is 1. The van der Waals surface area contributed by atoms with E-state index in [0.717, 1.165) is 10.8 Å². The normalized spacial score (nSPS) is 10.5. The Morgan fingerprint density at radius 1 is 0.833 bits per heavy atom. The van der Waals surface area contributed by atoms with E-state index in [0.29, 0.717) is 16.5 Å². The number of hydrogen-bond donors (Lipinski definition) is 0. The van der Waals surface area contributed by atoms with Crippen LogP contribution < -0.4 is 4.74 Å². The van der Waals surface area contributed by atoms with E-state index in [-0.39, 0.29) is 0 Å². The van der Waals surface area contributed by atoms with Crippen LogP contribution >= 0.6 is 11.6 Å². The minimum atomic E-state index is 0.596. The molecule has 0 unspecified atom stereocenters. The maximum absolute atomic E-state index is 6.05. The van der Waals surface area contributed by atoms with Crippen molar-refractivity contribution in [2.24, 2.45) is 0 Å². The topological polar surface area (TPSA) is 9.23 Å². The lowest BCUT2D eigenvalue weighted by molar-refractivity contribution is 0.483. The third-order valence-electron chi connectivity index (χ3n) is 2.69. The molecule has 0 amide bonds. The van der Waals surface area contributed by atoms with Crippen molar-refractivity contribution in [3.8, 4) is 11.5 Å². The fourth-order valence-electron chi connectivity index (χ4n) is 1.80. The van der Waals surface area contributed by atoms with Crippen LogP contribution in [0.25, 0.3) is 10.8 Å². The second-order valence-electron chi connectivity index (χ2n) is 3.94. The van der Waals surface area contributed by atoms with Crippen molar-refractivity contribution in [2.75, 3.05) is 0 Å². The molecule has 0 saturated carbocycles. The fraction of sp³-hybridized carbons (Fsp3) is 0. The molecule has 87 valence electrons. The van der Waals surface area contributed by atoms with Crippen LogP contribution in [-0.2, 0) is 0 Å². The maximum Gasteiger partial charge on any atom is 0.146 e. The van der Waals surface area contributed by atoms with Crippen molar-refractivity contribution >= 4 is 22.4 Å². The van der Waals surface area contributed by atoms with Gasteiger partial charge in [0.2, 0.25) is 0 Å². The zero-order valence-corrected chi connectivity index (χ0v) is 10.3. The molecule has 0 aliphatic heterocycles. The van der Waals surface area contributed by atoms with Gasteiger partial charge in [0.25, 0.3) is 0 Å². The van der Waals surface area contributed by atoms with Gasteiger partial charge >= 0.3 is 0 Å². The van der Waals surface area contributed by atoms with E-state index in [4.69, 9.17) is 16.3 Å². The van der Waals surface area contributed by atoms with Gasteiger partial charge in [0, 0.05) is 6.07 Å². The Morgan fingerprint density at radius 3 is 2.50 bits per heavy atom. The average Bonchev–Trinajstić information content (AvgIpc) is 2.41. The molecular weight excluding hydrogens is 244 g/mol. The van der Waals surface area contributed by atoms with E-state index < -0.39 is 0 Å². The molecule has 18 heavy (non-hydrogen) atoms. The van der Waals surface area contributed by atoms with Crippen LogP contribution in [0.4, 0.5) is 0 Å². The van der Waals surface area contributed by atoms with Gasteiger partial charge < -0.3 is 4.74 Å². The van der Waals surface area contributed by atoms with E-state index in [1.165, 1.54) is 0 Å². The van der Waals surface area contributed by atoms with Crippen molar-refractivity contribution in [2.45, 2.75) is 0 Å². The first-order valence-corrected chi connectivity index (χ1v) is 6.04. The summed E-state index contributed by atoms with van der Waals surface area (Å²) in [5.74, 6) is 1.31. The second-order valence-corrected chi connectivity index (χ2v) is 4.35.